The molecule has 0 aliphatic heterocycles. The number of carbonyl (C=O) groups is 1. The van der Waals surface area contributed by atoms with Crippen molar-refractivity contribution in [2.45, 2.75) is 51.6 Å². The van der Waals surface area contributed by atoms with E-state index in [4.69, 9.17) is 14.7 Å². The molecule has 1 fully saturated rings. The number of rotatable bonds is 6. The van der Waals surface area contributed by atoms with Gasteiger partial charge in [-0.15, -0.1) is 0 Å². The van der Waals surface area contributed by atoms with E-state index < -0.39 is 0 Å². The first kappa shape index (κ1) is 18.1. The van der Waals surface area contributed by atoms with Crippen molar-refractivity contribution in [3.05, 3.63) is 23.8 Å². The SMILES string of the molecule is COc1ccc(CN(C(=O)CC#N)[C@H]2CCCC[C@@H]2C)cc1OC. The number of carbonyl (C=O) groups excluding carboxylic acids is 1. The van der Waals surface area contributed by atoms with Crippen molar-refractivity contribution < 1.29 is 14.3 Å². The summed E-state index contributed by atoms with van der Waals surface area (Å²) in [6.45, 7) is 2.70. The summed E-state index contributed by atoms with van der Waals surface area (Å²) in [4.78, 5) is 14.4. The molecule has 5 nitrogen and oxygen atoms in total. The van der Waals surface area contributed by atoms with Crippen LogP contribution in [-0.2, 0) is 11.3 Å². The van der Waals surface area contributed by atoms with E-state index in [0.717, 1.165) is 24.8 Å². The molecule has 1 aliphatic rings. The normalized spacial score (nSPS) is 20.1. The highest BCUT2D eigenvalue weighted by Gasteiger charge is 2.30. The van der Waals surface area contributed by atoms with Crippen LogP contribution in [-0.4, -0.2) is 31.1 Å². The molecule has 0 bridgehead atoms. The number of ether oxygens (including phenoxy) is 2. The van der Waals surface area contributed by atoms with Crippen molar-refractivity contribution >= 4 is 5.91 Å². The number of benzene rings is 1. The summed E-state index contributed by atoms with van der Waals surface area (Å²) in [5.74, 6) is 1.69. The first-order valence-electron chi connectivity index (χ1n) is 8.48. The molecule has 1 aliphatic carbocycles. The summed E-state index contributed by atoms with van der Waals surface area (Å²) in [6, 6.07) is 7.89. The number of amides is 1. The van der Waals surface area contributed by atoms with E-state index in [1.54, 1.807) is 14.2 Å². The first-order chi connectivity index (χ1) is 11.6. The van der Waals surface area contributed by atoms with E-state index >= 15 is 0 Å². The van der Waals surface area contributed by atoms with E-state index in [0.29, 0.717) is 24.0 Å². The second-order valence-corrected chi connectivity index (χ2v) is 6.37. The van der Waals surface area contributed by atoms with Crippen LogP contribution in [0, 0.1) is 17.2 Å². The Morgan fingerprint density at radius 2 is 1.96 bits per heavy atom. The van der Waals surface area contributed by atoms with Crippen molar-refractivity contribution in [3.63, 3.8) is 0 Å². The van der Waals surface area contributed by atoms with Crippen LogP contribution in [0.25, 0.3) is 0 Å². The summed E-state index contributed by atoms with van der Waals surface area (Å²) < 4.78 is 10.6. The van der Waals surface area contributed by atoms with Gasteiger partial charge in [-0.3, -0.25) is 4.79 Å². The minimum absolute atomic E-state index is 0.0729. The lowest BCUT2D eigenvalue weighted by Gasteiger charge is -2.38. The monoisotopic (exact) mass is 330 g/mol. The Labute approximate surface area is 144 Å². The quantitative estimate of drug-likeness (QED) is 0.800. The molecule has 0 aromatic heterocycles. The second-order valence-electron chi connectivity index (χ2n) is 6.37. The van der Waals surface area contributed by atoms with Crippen molar-refractivity contribution in [2.24, 2.45) is 5.92 Å². The summed E-state index contributed by atoms with van der Waals surface area (Å²) in [5.41, 5.74) is 0.983. The van der Waals surface area contributed by atoms with Gasteiger partial charge in [0.2, 0.25) is 5.91 Å². The Balaban J connectivity index is 2.24. The molecule has 0 heterocycles. The minimum atomic E-state index is -0.0916. The summed E-state index contributed by atoms with van der Waals surface area (Å²) in [7, 11) is 3.20. The summed E-state index contributed by atoms with van der Waals surface area (Å²) >= 11 is 0. The molecular weight excluding hydrogens is 304 g/mol. The van der Waals surface area contributed by atoms with Gasteiger partial charge in [0.05, 0.1) is 20.3 Å². The maximum atomic E-state index is 12.5. The van der Waals surface area contributed by atoms with Crippen molar-refractivity contribution in [2.75, 3.05) is 14.2 Å². The fourth-order valence-corrected chi connectivity index (χ4v) is 3.49. The maximum Gasteiger partial charge on any atom is 0.237 e. The van der Waals surface area contributed by atoms with Crippen LogP contribution in [0.2, 0.25) is 0 Å². The molecule has 1 aromatic rings. The van der Waals surface area contributed by atoms with Gasteiger partial charge in [-0.05, 0) is 36.5 Å². The van der Waals surface area contributed by atoms with E-state index in [9.17, 15) is 4.79 Å². The topological polar surface area (TPSA) is 62.6 Å². The maximum absolute atomic E-state index is 12.5. The van der Waals surface area contributed by atoms with Crippen molar-refractivity contribution in [1.82, 2.24) is 4.90 Å². The van der Waals surface area contributed by atoms with Gasteiger partial charge in [-0.2, -0.15) is 5.26 Å². The number of nitriles is 1. The van der Waals surface area contributed by atoms with Crippen LogP contribution in [0.3, 0.4) is 0 Å². The number of hydrogen-bond acceptors (Lipinski definition) is 4. The number of hydrogen-bond donors (Lipinski definition) is 0. The molecular formula is C19H26N2O3. The highest BCUT2D eigenvalue weighted by molar-refractivity contribution is 5.78. The third-order valence-electron chi connectivity index (χ3n) is 4.82. The largest absolute Gasteiger partial charge is 0.493 e. The van der Waals surface area contributed by atoms with Gasteiger partial charge in [0.15, 0.2) is 11.5 Å². The number of nitrogens with zero attached hydrogens (tertiary/aromatic N) is 2. The Morgan fingerprint density at radius 3 is 2.58 bits per heavy atom. The molecule has 1 saturated carbocycles. The van der Waals surface area contributed by atoms with Crippen LogP contribution in [0.15, 0.2) is 18.2 Å². The van der Waals surface area contributed by atoms with E-state index in [1.807, 2.05) is 29.2 Å². The lowest BCUT2D eigenvalue weighted by atomic mass is 9.84. The Bertz CT molecular complexity index is 609. The lowest BCUT2D eigenvalue weighted by Crippen LogP contribution is -2.44. The molecule has 0 unspecified atom stereocenters. The molecule has 0 spiro atoms. The highest BCUT2D eigenvalue weighted by atomic mass is 16.5. The molecule has 130 valence electrons. The predicted molar refractivity (Wildman–Crippen MR) is 91.7 cm³/mol. The van der Waals surface area contributed by atoms with Gasteiger partial charge < -0.3 is 14.4 Å². The molecule has 1 amide bonds. The van der Waals surface area contributed by atoms with Gasteiger partial charge in [0, 0.05) is 12.6 Å². The fourth-order valence-electron chi connectivity index (χ4n) is 3.49. The average Bonchev–Trinajstić information content (AvgIpc) is 2.60. The molecule has 0 N–H and O–H groups in total. The zero-order valence-electron chi connectivity index (χ0n) is 14.7. The van der Waals surface area contributed by atoms with Gasteiger partial charge in [-0.25, -0.2) is 0 Å². The van der Waals surface area contributed by atoms with E-state index in [1.165, 1.54) is 6.42 Å². The molecule has 24 heavy (non-hydrogen) atoms. The van der Waals surface area contributed by atoms with Gasteiger partial charge >= 0.3 is 0 Å². The molecule has 1 aromatic carbocycles. The van der Waals surface area contributed by atoms with Gasteiger partial charge in [-0.1, -0.05) is 25.8 Å². The van der Waals surface area contributed by atoms with Crippen LogP contribution in [0.5, 0.6) is 11.5 Å². The lowest BCUT2D eigenvalue weighted by molar-refractivity contribution is -0.135. The highest BCUT2D eigenvalue weighted by Crippen LogP contribution is 2.32. The molecule has 2 atom stereocenters. The molecule has 5 heteroatoms. The third kappa shape index (κ3) is 4.19. The molecule has 0 saturated heterocycles. The number of methoxy groups -OCH3 is 2. The standard InChI is InChI=1S/C19H26N2O3/c1-14-6-4-5-7-16(14)21(19(22)10-11-20)13-15-8-9-17(23-2)18(12-15)24-3/h8-9,12,14,16H,4-7,10,13H2,1-3H3/t14-,16-/m0/s1. The van der Waals surface area contributed by atoms with Gasteiger partial charge in [0.1, 0.15) is 6.42 Å². The van der Waals surface area contributed by atoms with Crippen LogP contribution in [0.1, 0.15) is 44.6 Å². The Hall–Kier alpha value is -2.22. The minimum Gasteiger partial charge on any atom is -0.493 e. The second kappa shape index (κ2) is 8.58. The third-order valence-corrected chi connectivity index (χ3v) is 4.82. The average molecular weight is 330 g/mol. The predicted octanol–water partition coefficient (Wildman–Crippen LogP) is 3.52. The zero-order valence-corrected chi connectivity index (χ0v) is 14.7. The van der Waals surface area contributed by atoms with Crippen LogP contribution in [0.4, 0.5) is 0 Å². The van der Waals surface area contributed by atoms with Crippen LogP contribution >= 0.6 is 0 Å². The summed E-state index contributed by atoms with van der Waals surface area (Å²) in [5, 5.41) is 8.93. The molecule has 2 rings (SSSR count). The van der Waals surface area contributed by atoms with Crippen molar-refractivity contribution in [1.29, 1.82) is 5.26 Å². The van der Waals surface area contributed by atoms with E-state index in [-0.39, 0.29) is 18.4 Å². The van der Waals surface area contributed by atoms with Crippen molar-refractivity contribution in [3.8, 4) is 17.6 Å². The fraction of sp³-hybridized carbons (Fsp3) is 0.579. The van der Waals surface area contributed by atoms with Gasteiger partial charge in [0.25, 0.3) is 0 Å². The first-order valence-corrected chi connectivity index (χ1v) is 8.48. The Morgan fingerprint density at radius 1 is 1.25 bits per heavy atom. The summed E-state index contributed by atoms with van der Waals surface area (Å²) in [6.07, 6.45) is 4.42. The molecule has 0 radical (unpaired) electrons. The zero-order chi connectivity index (χ0) is 17.5. The van der Waals surface area contributed by atoms with E-state index in [2.05, 4.69) is 6.92 Å². The smallest absolute Gasteiger partial charge is 0.237 e. The van der Waals surface area contributed by atoms with Crippen LogP contribution < -0.4 is 9.47 Å². The Kier molecular flexibility index (Phi) is 6.48.